The highest BCUT2D eigenvalue weighted by molar-refractivity contribution is 8.11. The molecule has 3 nitrogen and oxygen atoms in total. The smallest absolute Gasteiger partial charge is 0.345 e. The van der Waals surface area contributed by atoms with Crippen molar-refractivity contribution in [3.63, 3.8) is 0 Å². The number of hydrogen-bond acceptors (Lipinski definition) is 4. The lowest BCUT2D eigenvalue weighted by molar-refractivity contribution is -0.133. The highest BCUT2D eigenvalue weighted by atomic mass is 35.5. The van der Waals surface area contributed by atoms with Crippen LogP contribution in [0, 0.1) is 0 Å². The second-order valence-electron chi connectivity index (χ2n) is 5.08. The van der Waals surface area contributed by atoms with Crippen molar-refractivity contribution in [1.29, 1.82) is 0 Å². The number of thioether (sulfide) groups is 1. The van der Waals surface area contributed by atoms with Crippen LogP contribution in [0.4, 0.5) is 0 Å². The quantitative estimate of drug-likeness (QED) is 0.609. The second-order valence-corrected chi connectivity index (χ2v) is 6.40. The Hall–Kier alpha value is -2.17. The van der Waals surface area contributed by atoms with Gasteiger partial charge in [0.1, 0.15) is 10.5 Å². The Morgan fingerprint density at radius 2 is 2.13 bits per heavy atom. The van der Waals surface area contributed by atoms with Gasteiger partial charge in [-0.25, -0.2) is 4.79 Å². The van der Waals surface area contributed by atoms with E-state index in [-0.39, 0.29) is 5.97 Å². The van der Waals surface area contributed by atoms with Crippen LogP contribution in [0.2, 0.25) is 5.02 Å². The van der Waals surface area contributed by atoms with E-state index < -0.39 is 0 Å². The monoisotopic (exact) mass is 342 g/mol. The third-order valence-corrected chi connectivity index (χ3v) is 5.06. The van der Waals surface area contributed by atoms with Gasteiger partial charge in [-0.1, -0.05) is 23.4 Å². The molecule has 3 aromatic rings. The minimum Gasteiger partial charge on any atom is -0.465 e. The summed E-state index contributed by atoms with van der Waals surface area (Å²) in [5.41, 5.74) is 1.59. The number of carbonyl (C=O) groups is 1. The van der Waals surface area contributed by atoms with Crippen LogP contribution >= 0.6 is 23.4 Å². The van der Waals surface area contributed by atoms with E-state index in [1.807, 2.05) is 41.8 Å². The maximum absolute atomic E-state index is 12.2. The molecule has 0 aliphatic carbocycles. The molecule has 0 amide bonds. The fourth-order valence-corrected chi connectivity index (χ4v) is 3.92. The Kier molecular flexibility index (Phi) is 3.43. The largest absolute Gasteiger partial charge is 0.465 e. The highest BCUT2D eigenvalue weighted by Crippen LogP contribution is 2.32. The van der Waals surface area contributed by atoms with Crippen molar-refractivity contribution in [2.75, 3.05) is 7.11 Å². The number of esters is 1. The van der Waals surface area contributed by atoms with Gasteiger partial charge in [0.05, 0.1) is 13.4 Å². The number of halogens is 1. The van der Waals surface area contributed by atoms with Gasteiger partial charge in [-0.15, -0.1) is 0 Å². The maximum atomic E-state index is 12.2. The summed E-state index contributed by atoms with van der Waals surface area (Å²) in [6, 6.07) is 9.61. The van der Waals surface area contributed by atoms with Crippen LogP contribution in [0.25, 0.3) is 32.7 Å². The summed E-state index contributed by atoms with van der Waals surface area (Å²) < 4.78 is 10.6. The molecule has 1 aromatic heterocycles. The van der Waals surface area contributed by atoms with Crippen LogP contribution in [0.3, 0.4) is 0 Å². The van der Waals surface area contributed by atoms with Gasteiger partial charge in [0.15, 0.2) is 0 Å². The van der Waals surface area contributed by atoms with E-state index in [4.69, 9.17) is 20.8 Å². The molecule has 0 radical (unpaired) electrons. The zero-order valence-electron chi connectivity index (χ0n) is 12.1. The molecule has 0 saturated heterocycles. The van der Waals surface area contributed by atoms with Crippen LogP contribution in [0.15, 0.2) is 46.4 Å². The van der Waals surface area contributed by atoms with Crippen molar-refractivity contribution < 1.29 is 13.9 Å². The van der Waals surface area contributed by atoms with E-state index in [1.54, 1.807) is 6.26 Å². The first-order valence-corrected chi connectivity index (χ1v) is 8.21. The minimum atomic E-state index is -0.369. The van der Waals surface area contributed by atoms with E-state index in [1.165, 1.54) is 18.9 Å². The average Bonchev–Trinajstić information content (AvgIpc) is 2.89. The number of ether oxygens (including phenoxy) is 1. The summed E-state index contributed by atoms with van der Waals surface area (Å²) >= 11 is 7.76. The van der Waals surface area contributed by atoms with Gasteiger partial charge < -0.3 is 9.15 Å². The summed E-state index contributed by atoms with van der Waals surface area (Å²) in [5.74, 6) is -0.369. The van der Waals surface area contributed by atoms with Crippen molar-refractivity contribution in [3.8, 4) is 0 Å². The van der Waals surface area contributed by atoms with Crippen molar-refractivity contribution in [3.05, 3.63) is 57.8 Å². The molecule has 0 spiro atoms. The fourth-order valence-electron chi connectivity index (χ4n) is 2.84. The van der Waals surface area contributed by atoms with Crippen LogP contribution in [-0.4, -0.2) is 13.1 Å². The molecule has 0 unspecified atom stereocenters. The Morgan fingerprint density at radius 1 is 1.26 bits per heavy atom. The van der Waals surface area contributed by atoms with E-state index in [0.29, 0.717) is 9.93 Å². The van der Waals surface area contributed by atoms with Gasteiger partial charge in [0.2, 0.25) is 0 Å². The van der Waals surface area contributed by atoms with Crippen LogP contribution in [-0.2, 0) is 9.53 Å². The zero-order chi connectivity index (χ0) is 16.0. The standard InChI is InChI=1S/C18H11ClO3S/c1-21-18(20)17-15-12(6-8-23-17)14(19)5-4-11-13(15)9-10-3-2-7-22-16(10)11/h2-9H,1H3. The average molecular weight is 343 g/mol. The van der Waals surface area contributed by atoms with Gasteiger partial charge in [-0.2, -0.15) is 0 Å². The molecular formula is C18H11ClO3S. The van der Waals surface area contributed by atoms with E-state index >= 15 is 0 Å². The predicted octanol–water partition coefficient (Wildman–Crippen LogP) is 4.52. The van der Waals surface area contributed by atoms with E-state index in [2.05, 4.69) is 0 Å². The molecule has 1 aliphatic rings. The molecule has 0 atom stereocenters. The molecule has 2 heterocycles. The third kappa shape index (κ3) is 2.18. The first kappa shape index (κ1) is 14.4. The fraction of sp³-hybridized carbons (Fsp3) is 0.0556. The van der Waals surface area contributed by atoms with Crippen LogP contribution < -0.4 is 5.22 Å². The van der Waals surface area contributed by atoms with Gasteiger partial charge in [-0.3, -0.25) is 0 Å². The zero-order valence-corrected chi connectivity index (χ0v) is 13.7. The van der Waals surface area contributed by atoms with Gasteiger partial charge >= 0.3 is 5.97 Å². The predicted molar refractivity (Wildman–Crippen MR) is 94.8 cm³/mol. The number of fused-ring (bicyclic) bond motifs is 5. The van der Waals surface area contributed by atoms with Gasteiger partial charge in [0.25, 0.3) is 0 Å². The molecule has 0 fully saturated rings. The number of rotatable bonds is 1. The minimum absolute atomic E-state index is 0.369. The molecule has 23 heavy (non-hydrogen) atoms. The summed E-state index contributed by atoms with van der Waals surface area (Å²) in [5, 5.41) is 6.05. The lowest BCUT2D eigenvalue weighted by Crippen LogP contribution is -2.17. The van der Waals surface area contributed by atoms with Crippen LogP contribution in [0.1, 0.15) is 5.56 Å². The molecule has 0 N–H and O–H groups in total. The molecule has 4 rings (SSSR count). The Balaban J connectivity index is 2.32. The molecule has 0 bridgehead atoms. The normalized spacial score (nSPS) is 13.4. The lowest BCUT2D eigenvalue weighted by Gasteiger charge is -2.08. The van der Waals surface area contributed by atoms with Crippen molar-refractivity contribution in [2.45, 2.75) is 0 Å². The molecule has 5 heteroatoms. The first-order valence-electron chi connectivity index (χ1n) is 6.95. The molecule has 114 valence electrons. The lowest BCUT2D eigenvalue weighted by atomic mass is 10.1. The Morgan fingerprint density at radius 3 is 2.96 bits per heavy atom. The van der Waals surface area contributed by atoms with E-state index in [0.717, 1.165) is 32.5 Å². The first-order chi connectivity index (χ1) is 11.2. The molecule has 1 aliphatic heterocycles. The Bertz CT molecular complexity index is 1060. The summed E-state index contributed by atoms with van der Waals surface area (Å²) in [6.07, 6.45) is 3.56. The second kappa shape index (κ2) is 5.48. The SMILES string of the molecule is COC(=O)C1=c2c(c(Cl)ccc3c2cc2cccoc23)C=CS1. The molecule has 0 saturated carbocycles. The van der Waals surface area contributed by atoms with Crippen molar-refractivity contribution in [2.24, 2.45) is 0 Å². The number of carbonyl (C=O) groups excluding carboxylic acids is 1. The Labute approximate surface area is 141 Å². The highest BCUT2D eigenvalue weighted by Gasteiger charge is 2.19. The van der Waals surface area contributed by atoms with Gasteiger partial charge in [0, 0.05) is 26.6 Å². The maximum Gasteiger partial charge on any atom is 0.345 e. The molecule has 2 aromatic carbocycles. The third-order valence-electron chi connectivity index (χ3n) is 3.85. The van der Waals surface area contributed by atoms with Crippen molar-refractivity contribution in [1.82, 2.24) is 0 Å². The van der Waals surface area contributed by atoms with Crippen LogP contribution in [0.5, 0.6) is 0 Å². The number of hydrogen-bond donors (Lipinski definition) is 0. The topological polar surface area (TPSA) is 39.4 Å². The number of methoxy groups -OCH3 is 1. The van der Waals surface area contributed by atoms with E-state index in [9.17, 15) is 4.79 Å². The van der Waals surface area contributed by atoms with Gasteiger partial charge in [-0.05, 0) is 47.2 Å². The summed E-state index contributed by atoms with van der Waals surface area (Å²) in [4.78, 5) is 12.8. The summed E-state index contributed by atoms with van der Waals surface area (Å²) in [6.45, 7) is 0. The summed E-state index contributed by atoms with van der Waals surface area (Å²) in [7, 11) is 1.38. The van der Waals surface area contributed by atoms with Crippen molar-refractivity contribution >= 4 is 62.1 Å². The molecular weight excluding hydrogens is 332 g/mol.